The van der Waals surface area contributed by atoms with Crippen LogP contribution in [0.1, 0.15) is 12.5 Å². The number of nitrogens with zero attached hydrogens (tertiary/aromatic N) is 2. The van der Waals surface area contributed by atoms with Crippen molar-refractivity contribution in [1.29, 1.82) is 0 Å². The van der Waals surface area contributed by atoms with Gasteiger partial charge in [0.1, 0.15) is 0 Å². The van der Waals surface area contributed by atoms with Crippen molar-refractivity contribution in [3.63, 3.8) is 0 Å². The lowest BCUT2D eigenvalue weighted by Gasteiger charge is -2.08. The van der Waals surface area contributed by atoms with Crippen LogP contribution < -0.4 is 0 Å². The maximum absolute atomic E-state index is 9.99. The first-order valence-corrected chi connectivity index (χ1v) is 7.13. The lowest BCUT2D eigenvalue weighted by molar-refractivity contribution is 0.200. The van der Waals surface area contributed by atoms with E-state index < -0.39 is 0 Å². The highest BCUT2D eigenvalue weighted by Gasteiger charge is 2.08. The molecule has 0 bridgehead atoms. The van der Waals surface area contributed by atoms with Gasteiger partial charge >= 0.3 is 0 Å². The predicted molar refractivity (Wildman–Crippen MR) is 74.8 cm³/mol. The van der Waals surface area contributed by atoms with Crippen molar-refractivity contribution in [3.05, 3.63) is 48.3 Å². The average molecular weight is 262 g/mol. The first-order chi connectivity index (χ1) is 8.78. The highest BCUT2D eigenvalue weighted by molar-refractivity contribution is 7.99. The summed E-state index contributed by atoms with van der Waals surface area (Å²) in [6, 6.07) is 10.2. The summed E-state index contributed by atoms with van der Waals surface area (Å²) in [4.78, 5) is 1.20. The van der Waals surface area contributed by atoms with E-state index in [2.05, 4.69) is 24.2 Å². The quantitative estimate of drug-likeness (QED) is 0.813. The van der Waals surface area contributed by atoms with E-state index in [1.807, 2.05) is 35.3 Å². The molecule has 0 spiro atoms. The first kappa shape index (κ1) is 13.2. The lowest BCUT2D eigenvalue weighted by Crippen LogP contribution is -2.13. The Morgan fingerprint density at radius 1 is 1.33 bits per heavy atom. The normalized spacial score (nSPS) is 12.6. The molecule has 96 valence electrons. The van der Waals surface area contributed by atoms with Crippen LogP contribution in [0.25, 0.3) is 0 Å². The smallest absolute Gasteiger partial charge is 0.0675 e. The van der Waals surface area contributed by atoms with Gasteiger partial charge in [-0.1, -0.05) is 18.2 Å². The molecule has 4 heteroatoms. The first-order valence-electron chi connectivity index (χ1n) is 6.15. The van der Waals surface area contributed by atoms with Crippen LogP contribution >= 0.6 is 11.8 Å². The van der Waals surface area contributed by atoms with Crippen molar-refractivity contribution in [2.24, 2.45) is 0 Å². The summed E-state index contributed by atoms with van der Waals surface area (Å²) in [6.07, 6.45) is 4.17. The summed E-state index contributed by atoms with van der Waals surface area (Å²) in [5, 5.41) is 14.2. The summed E-state index contributed by atoms with van der Waals surface area (Å²) in [5.74, 6) is 0.710. The number of hydrogen-bond acceptors (Lipinski definition) is 3. The zero-order valence-corrected chi connectivity index (χ0v) is 11.3. The number of aliphatic hydroxyl groups is 1. The molecule has 1 aromatic carbocycles. The molecular weight excluding hydrogens is 244 g/mol. The number of rotatable bonds is 6. The van der Waals surface area contributed by atoms with E-state index in [1.54, 1.807) is 11.8 Å². The maximum Gasteiger partial charge on any atom is 0.0675 e. The number of aromatic nitrogens is 2. The van der Waals surface area contributed by atoms with E-state index >= 15 is 0 Å². The number of hydrogen-bond donors (Lipinski definition) is 1. The maximum atomic E-state index is 9.99. The molecule has 1 aromatic heterocycles. The predicted octanol–water partition coefficient (Wildman–Crippen LogP) is 2.60. The number of benzene rings is 1. The standard InChI is InChI=1S/C14H18N2OS/c1-2-16-10-12(9-15-16)8-13(17)11-18-14-6-4-3-5-7-14/h3-7,9-10,13,17H,2,8,11H2,1H3. The second-order valence-electron chi connectivity index (χ2n) is 4.19. The number of aryl methyl sites for hydroxylation is 1. The van der Waals surface area contributed by atoms with E-state index in [4.69, 9.17) is 0 Å². The van der Waals surface area contributed by atoms with Gasteiger partial charge in [0.15, 0.2) is 0 Å². The fourth-order valence-corrected chi connectivity index (χ4v) is 2.58. The topological polar surface area (TPSA) is 38.0 Å². The van der Waals surface area contributed by atoms with Gasteiger partial charge < -0.3 is 5.11 Å². The number of aliphatic hydroxyl groups excluding tert-OH is 1. The fourth-order valence-electron chi connectivity index (χ4n) is 1.72. The molecule has 1 heterocycles. The van der Waals surface area contributed by atoms with Gasteiger partial charge in [-0.2, -0.15) is 5.10 Å². The molecule has 1 atom stereocenters. The van der Waals surface area contributed by atoms with Crippen molar-refractivity contribution >= 4 is 11.8 Å². The van der Waals surface area contributed by atoms with Gasteiger partial charge in [-0.05, 0) is 24.6 Å². The Balaban J connectivity index is 1.80. The Morgan fingerprint density at radius 3 is 2.78 bits per heavy atom. The van der Waals surface area contributed by atoms with E-state index in [1.165, 1.54) is 4.90 Å². The van der Waals surface area contributed by atoms with E-state index in [0.29, 0.717) is 12.2 Å². The van der Waals surface area contributed by atoms with E-state index in [9.17, 15) is 5.11 Å². The SMILES string of the molecule is CCn1cc(CC(O)CSc2ccccc2)cn1. The molecule has 0 aliphatic rings. The minimum Gasteiger partial charge on any atom is -0.392 e. The van der Waals surface area contributed by atoms with Gasteiger partial charge in [-0.15, -0.1) is 11.8 Å². The Labute approximate surface area is 112 Å². The molecule has 18 heavy (non-hydrogen) atoms. The van der Waals surface area contributed by atoms with Crippen LogP contribution in [0.4, 0.5) is 0 Å². The molecule has 3 nitrogen and oxygen atoms in total. The molecule has 1 unspecified atom stereocenters. The van der Waals surface area contributed by atoms with Crippen LogP contribution in [0.3, 0.4) is 0 Å². The minimum absolute atomic E-state index is 0.329. The van der Waals surface area contributed by atoms with Crippen molar-refractivity contribution in [1.82, 2.24) is 9.78 Å². The second kappa shape index (κ2) is 6.61. The number of thioether (sulfide) groups is 1. The van der Waals surface area contributed by atoms with Crippen LogP contribution in [-0.4, -0.2) is 26.7 Å². The van der Waals surface area contributed by atoms with Gasteiger partial charge in [-0.3, -0.25) is 4.68 Å². The third-order valence-corrected chi connectivity index (χ3v) is 3.82. The van der Waals surface area contributed by atoms with E-state index in [0.717, 1.165) is 12.1 Å². The fraction of sp³-hybridized carbons (Fsp3) is 0.357. The van der Waals surface area contributed by atoms with Gasteiger partial charge in [0.25, 0.3) is 0 Å². The Morgan fingerprint density at radius 2 is 2.11 bits per heavy atom. The van der Waals surface area contributed by atoms with Crippen molar-refractivity contribution < 1.29 is 5.11 Å². The molecule has 1 N–H and O–H groups in total. The van der Waals surface area contributed by atoms with Gasteiger partial charge in [-0.25, -0.2) is 0 Å². The molecular formula is C14H18N2OS. The van der Waals surface area contributed by atoms with Crippen molar-refractivity contribution in [2.45, 2.75) is 30.9 Å². The molecule has 2 aromatic rings. The van der Waals surface area contributed by atoms with Crippen LogP contribution in [0.2, 0.25) is 0 Å². The third kappa shape index (κ3) is 3.89. The lowest BCUT2D eigenvalue weighted by atomic mass is 10.2. The molecule has 0 amide bonds. The molecule has 2 rings (SSSR count). The van der Waals surface area contributed by atoms with Gasteiger partial charge in [0.05, 0.1) is 12.3 Å². The molecule has 0 aliphatic heterocycles. The molecule has 0 saturated heterocycles. The van der Waals surface area contributed by atoms with Gasteiger partial charge in [0, 0.05) is 29.8 Å². The Kier molecular flexibility index (Phi) is 4.84. The minimum atomic E-state index is -0.329. The van der Waals surface area contributed by atoms with Crippen LogP contribution in [-0.2, 0) is 13.0 Å². The largest absolute Gasteiger partial charge is 0.392 e. The zero-order chi connectivity index (χ0) is 12.8. The Hall–Kier alpha value is -1.26. The second-order valence-corrected chi connectivity index (χ2v) is 5.28. The zero-order valence-electron chi connectivity index (χ0n) is 10.5. The highest BCUT2D eigenvalue weighted by Crippen LogP contribution is 2.19. The molecule has 0 fully saturated rings. The van der Waals surface area contributed by atoms with Crippen molar-refractivity contribution in [2.75, 3.05) is 5.75 Å². The molecule has 0 aliphatic carbocycles. The average Bonchev–Trinajstić information content (AvgIpc) is 2.85. The molecule has 0 radical (unpaired) electrons. The summed E-state index contributed by atoms with van der Waals surface area (Å²) in [5.41, 5.74) is 1.10. The van der Waals surface area contributed by atoms with Gasteiger partial charge in [0.2, 0.25) is 0 Å². The third-order valence-electron chi connectivity index (χ3n) is 2.67. The monoisotopic (exact) mass is 262 g/mol. The summed E-state index contributed by atoms with van der Waals surface area (Å²) in [7, 11) is 0. The molecule has 0 saturated carbocycles. The highest BCUT2D eigenvalue weighted by atomic mass is 32.2. The van der Waals surface area contributed by atoms with Crippen LogP contribution in [0, 0.1) is 0 Å². The Bertz CT molecular complexity index is 470. The summed E-state index contributed by atoms with van der Waals surface area (Å²) < 4.78 is 1.88. The summed E-state index contributed by atoms with van der Waals surface area (Å²) in [6.45, 7) is 2.92. The van der Waals surface area contributed by atoms with E-state index in [-0.39, 0.29) is 6.10 Å². The van der Waals surface area contributed by atoms with Crippen LogP contribution in [0.15, 0.2) is 47.6 Å². The summed E-state index contributed by atoms with van der Waals surface area (Å²) >= 11 is 1.68. The van der Waals surface area contributed by atoms with Crippen molar-refractivity contribution in [3.8, 4) is 0 Å². The van der Waals surface area contributed by atoms with Crippen LogP contribution in [0.5, 0.6) is 0 Å².